The van der Waals surface area contributed by atoms with E-state index in [9.17, 15) is 18.8 Å². The number of fused-ring (bicyclic) bond motifs is 2. The molecule has 0 aromatic heterocycles. The molecule has 2 fully saturated rings. The molecule has 3 atom stereocenters. The Balaban J connectivity index is 1.29. The maximum absolute atomic E-state index is 14.2. The van der Waals surface area contributed by atoms with Gasteiger partial charge >= 0.3 is 6.03 Å². The smallest absolute Gasteiger partial charge is 0.332 e. The first-order chi connectivity index (χ1) is 21.3. The number of amides is 4. The first kappa shape index (κ1) is 29.6. The van der Waals surface area contributed by atoms with Crippen molar-refractivity contribution in [2.75, 3.05) is 19.6 Å². The van der Waals surface area contributed by atoms with E-state index in [1.807, 2.05) is 78.4 Å². The summed E-state index contributed by atoms with van der Waals surface area (Å²) in [5.74, 6) is -0.554. The van der Waals surface area contributed by atoms with Crippen molar-refractivity contribution in [2.24, 2.45) is 5.92 Å². The van der Waals surface area contributed by atoms with E-state index in [2.05, 4.69) is 23.5 Å². The van der Waals surface area contributed by atoms with Gasteiger partial charge < -0.3 is 15.1 Å². The molecule has 2 saturated heterocycles. The second kappa shape index (κ2) is 12.6. The Labute approximate surface area is 257 Å². The van der Waals surface area contributed by atoms with Crippen molar-refractivity contribution < 1.29 is 18.8 Å². The lowest BCUT2D eigenvalue weighted by atomic mass is 9.99. The van der Waals surface area contributed by atoms with Crippen LogP contribution in [0, 0.1) is 5.92 Å². The number of halogens is 1. The molecular weight excluding hydrogens is 557 g/mol. The monoisotopic (exact) mass is 595 g/mol. The highest BCUT2D eigenvalue weighted by Gasteiger charge is 2.52. The predicted octanol–water partition coefficient (Wildman–Crippen LogP) is 5.03. The highest BCUT2D eigenvalue weighted by Crippen LogP contribution is 2.32. The lowest BCUT2D eigenvalue weighted by molar-refractivity contribution is -0.158. The molecular formula is C35H38FN5O3. The van der Waals surface area contributed by atoms with Crippen LogP contribution in [0.2, 0.25) is 0 Å². The van der Waals surface area contributed by atoms with Gasteiger partial charge in [-0.25, -0.2) is 9.18 Å². The van der Waals surface area contributed by atoms with E-state index >= 15 is 0 Å². The van der Waals surface area contributed by atoms with E-state index in [4.69, 9.17) is 0 Å². The van der Waals surface area contributed by atoms with Crippen molar-refractivity contribution >= 4 is 28.6 Å². The number of benzene rings is 3. The molecule has 2 aliphatic heterocycles. The normalized spacial score (nSPS) is 22.0. The summed E-state index contributed by atoms with van der Waals surface area (Å²) in [4.78, 5) is 45.1. The summed E-state index contributed by atoms with van der Waals surface area (Å²) in [6, 6.07) is 22.7. The van der Waals surface area contributed by atoms with Crippen LogP contribution in [0.4, 0.5) is 9.18 Å². The second-order valence-corrected chi connectivity index (χ2v) is 12.0. The fourth-order valence-electron chi connectivity index (χ4n) is 6.57. The van der Waals surface area contributed by atoms with E-state index < -0.39 is 12.2 Å². The molecule has 4 amide bonds. The van der Waals surface area contributed by atoms with Gasteiger partial charge in [0, 0.05) is 25.6 Å². The van der Waals surface area contributed by atoms with Gasteiger partial charge in [0.1, 0.15) is 18.0 Å². The third-order valence-corrected chi connectivity index (χ3v) is 8.71. The maximum atomic E-state index is 14.2. The quantitative estimate of drug-likeness (QED) is 0.397. The summed E-state index contributed by atoms with van der Waals surface area (Å²) in [5, 5.41) is 8.61. The topological polar surface area (TPSA) is 76.2 Å². The second-order valence-electron chi connectivity index (χ2n) is 12.0. The molecule has 0 spiro atoms. The number of nitrogens with one attached hydrogen (secondary N) is 1. The van der Waals surface area contributed by atoms with Crippen molar-refractivity contribution in [3.63, 3.8) is 0 Å². The number of rotatable bonds is 8. The van der Waals surface area contributed by atoms with Crippen LogP contribution in [-0.2, 0) is 22.6 Å². The van der Waals surface area contributed by atoms with Crippen molar-refractivity contribution in [1.82, 2.24) is 25.1 Å². The van der Waals surface area contributed by atoms with Crippen LogP contribution in [0.25, 0.3) is 10.8 Å². The molecule has 2 heterocycles. The van der Waals surface area contributed by atoms with Gasteiger partial charge in [-0.15, -0.1) is 0 Å². The molecule has 0 radical (unpaired) electrons. The van der Waals surface area contributed by atoms with Crippen LogP contribution in [-0.4, -0.2) is 75.5 Å². The molecule has 44 heavy (non-hydrogen) atoms. The third kappa shape index (κ3) is 5.97. The largest absolute Gasteiger partial charge is 0.336 e. The van der Waals surface area contributed by atoms with Gasteiger partial charge in [0.05, 0.1) is 13.1 Å². The number of carbonyl (C=O) groups is 3. The van der Waals surface area contributed by atoms with Gasteiger partial charge in [0.2, 0.25) is 11.8 Å². The zero-order chi connectivity index (χ0) is 30.8. The summed E-state index contributed by atoms with van der Waals surface area (Å²) in [6.45, 7) is 4.83. The zero-order valence-corrected chi connectivity index (χ0v) is 25.1. The van der Waals surface area contributed by atoms with Gasteiger partial charge in [0.25, 0.3) is 0 Å². The Kier molecular flexibility index (Phi) is 8.48. The third-order valence-electron chi connectivity index (χ3n) is 8.71. The lowest BCUT2D eigenvalue weighted by Gasteiger charge is -2.47. The average molecular weight is 596 g/mol. The minimum absolute atomic E-state index is 0.00573. The minimum Gasteiger partial charge on any atom is -0.336 e. The predicted molar refractivity (Wildman–Crippen MR) is 167 cm³/mol. The number of hydrogen-bond donors (Lipinski definition) is 1. The zero-order valence-electron chi connectivity index (χ0n) is 25.1. The number of nitrogens with zero attached hydrogens (tertiary/aromatic N) is 4. The van der Waals surface area contributed by atoms with Gasteiger partial charge in [-0.05, 0) is 60.2 Å². The molecule has 3 aromatic rings. The number of hydrazine groups is 1. The van der Waals surface area contributed by atoms with Crippen molar-refractivity contribution in [3.8, 4) is 0 Å². The van der Waals surface area contributed by atoms with E-state index in [-0.39, 0.29) is 48.7 Å². The Morgan fingerprint density at radius 2 is 1.77 bits per heavy atom. The van der Waals surface area contributed by atoms with Crippen LogP contribution in [0.3, 0.4) is 0 Å². The molecule has 1 aliphatic carbocycles. The molecule has 8 nitrogen and oxygen atoms in total. The average Bonchev–Trinajstić information content (AvgIpc) is 3.34. The van der Waals surface area contributed by atoms with Gasteiger partial charge in [0.15, 0.2) is 0 Å². The molecule has 3 aliphatic rings. The standard InChI is InChI=1S/C35H38FN5O3/c1-24(2)41(35(44)37-20-26-15-17-29(36)18-16-26)39-23-33(42)40-31(19-25-9-4-3-5-10-25)34(43)38(22-32(39)40)21-28-13-8-12-27-11-6-7-14-30(27)28/h3-15,17-18,24,26,31-32H,16,19-23H2,1-2H3,(H,37,44)/t26?,31-,32+/m0/s1. The molecule has 1 N–H and O–H groups in total. The minimum atomic E-state index is -0.699. The van der Waals surface area contributed by atoms with Crippen LogP contribution in [0.1, 0.15) is 31.4 Å². The highest BCUT2D eigenvalue weighted by molar-refractivity contribution is 5.92. The molecule has 6 rings (SSSR count). The highest BCUT2D eigenvalue weighted by atomic mass is 19.1. The van der Waals surface area contributed by atoms with Gasteiger partial charge in [-0.1, -0.05) is 78.9 Å². The van der Waals surface area contributed by atoms with E-state index in [1.54, 1.807) is 16.0 Å². The van der Waals surface area contributed by atoms with Crippen molar-refractivity contribution in [1.29, 1.82) is 0 Å². The summed E-state index contributed by atoms with van der Waals surface area (Å²) in [5.41, 5.74) is 2.00. The SMILES string of the molecule is CC(C)N(C(=O)NCC1C=CC(F)=CC1)N1CC(=O)N2[C@@H](Cc3ccccc3)C(=O)N(Cc3cccc4ccccc34)C[C@@H]21. The first-order valence-corrected chi connectivity index (χ1v) is 15.3. The molecule has 9 heteroatoms. The van der Waals surface area contributed by atoms with Crippen LogP contribution in [0.5, 0.6) is 0 Å². The molecule has 3 aromatic carbocycles. The maximum Gasteiger partial charge on any atom is 0.332 e. The molecule has 1 unspecified atom stereocenters. The first-order valence-electron chi connectivity index (χ1n) is 15.3. The van der Waals surface area contributed by atoms with E-state index in [1.165, 1.54) is 12.2 Å². The Hall–Kier alpha value is -4.50. The number of urea groups is 1. The number of piperazine rings is 1. The van der Waals surface area contributed by atoms with Crippen molar-refractivity contribution in [2.45, 2.75) is 51.5 Å². The van der Waals surface area contributed by atoms with E-state index in [0.717, 1.165) is 21.9 Å². The Morgan fingerprint density at radius 1 is 1.02 bits per heavy atom. The number of hydrogen-bond acceptors (Lipinski definition) is 4. The fourth-order valence-corrected chi connectivity index (χ4v) is 6.57. The van der Waals surface area contributed by atoms with Gasteiger partial charge in [-0.2, -0.15) is 5.01 Å². The summed E-state index contributed by atoms with van der Waals surface area (Å²) < 4.78 is 13.4. The Bertz CT molecular complexity index is 1600. The summed E-state index contributed by atoms with van der Waals surface area (Å²) in [7, 11) is 0. The number of allylic oxidation sites excluding steroid dienone is 3. The van der Waals surface area contributed by atoms with Crippen molar-refractivity contribution in [3.05, 3.63) is 108 Å². The fraction of sp³-hybridized carbons (Fsp3) is 0.343. The van der Waals surface area contributed by atoms with Crippen LogP contribution < -0.4 is 5.32 Å². The van der Waals surface area contributed by atoms with Crippen LogP contribution in [0.15, 0.2) is 96.9 Å². The van der Waals surface area contributed by atoms with Gasteiger partial charge in [-0.3, -0.25) is 14.6 Å². The van der Waals surface area contributed by atoms with Crippen LogP contribution >= 0.6 is 0 Å². The summed E-state index contributed by atoms with van der Waals surface area (Å²) >= 11 is 0. The molecule has 0 bridgehead atoms. The molecule has 228 valence electrons. The summed E-state index contributed by atoms with van der Waals surface area (Å²) in [6.07, 6.45) is 5.09. The lowest BCUT2D eigenvalue weighted by Crippen LogP contribution is -2.66. The number of carbonyl (C=O) groups excluding carboxylic acids is 3. The van der Waals surface area contributed by atoms with E-state index in [0.29, 0.717) is 25.9 Å². The molecule has 0 saturated carbocycles. The Morgan fingerprint density at radius 3 is 2.52 bits per heavy atom.